The summed E-state index contributed by atoms with van der Waals surface area (Å²) < 4.78 is 5.36. The molecule has 0 saturated heterocycles. The lowest BCUT2D eigenvalue weighted by molar-refractivity contribution is -0.0942. The van der Waals surface area contributed by atoms with Crippen molar-refractivity contribution in [3.63, 3.8) is 0 Å². The van der Waals surface area contributed by atoms with Crippen LogP contribution in [0.3, 0.4) is 0 Å². The SMILES string of the molecule is COC1CC(NC(=O)c2ccc(N)cc2Cl)C1(C)C. The molecule has 5 heteroatoms. The van der Waals surface area contributed by atoms with Gasteiger partial charge in [-0.3, -0.25) is 4.79 Å². The number of ether oxygens (including phenoxy) is 1. The number of hydrogen-bond donors (Lipinski definition) is 2. The smallest absolute Gasteiger partial charge is 0.253 e. The fourth-order valence-electron chi connectivity index (χ4n) is 2.48. The number of carbonyl (C=O) groups is 1. The number of nitrogen functional groups attached to an aromatic ring is 1. The Morgan fingerprint density at radius 3 is 2.74 bits per heavy atom. The normalized spacial score (nSPS) is 24.6. The summed E-state index contributed by atoms with van der Waals surface area (Å²) in [5, 5.41) is 3.38. The molecule has 0 aromatic heterocycles. The number of carbonyl (C=O) groups excluding carboxylic acids is 1. The maximum Gasteiger partial charge on any atom is 0.253 e. The Bertz CT molecular complexity index is 502. The van der Waals surface area contributed by atoms with E-state index in [1.54, 1.807) is 25.3 Å². The molecule has 2 unspecified atom stereocenters. The minimum Gasteiger partial charge on any atom is -0.399 e. The van der Waals surface area contributed by atoms with Gasteiger partial charge in [-0.1, -0.05) is 25.4 Å². The lowest BCUT2D eigenvalue weighted by atomic mass is 9.64. The van der Waals surface area contributed by atoms with Crippen molar-refractivity contribution >= 4 is 23.2 Å². The second-order valence-corrected chi connectivity index (χ2v) is 5.95. The van der Waals surface area contributed by atoms with Crippen LogP contribution in [0.1, 0.15) is 30.6 Å². The van der Waals surface area contributed by atoms with Crippen molar-refractivity contribution in [3.05, 3.63) is 28.8 Å². The van der Waals surface area contributed by atoms with E-state index in [1.807, 2.05) is 0 Å². The predicted molar refractivity (Wildman–Crippen MR) is 76.3 cm³/mol. The maximum atomic E-state index is 12.2. The van der Waals surface area contributed by atoms with Crippen molar-refractivity contribution in [3.8, 4) is 0 Å². The van der Waals surface area contributed by atoms with Gasteiger partial charge in [0.25, 0.3) is 5.91 Å². The molecule has 1 fully saturated rings. The zero-order valence-corrected chi connectivity index (χ0v) is 12.1. The number of rotatable bonds is 3. The number of nitrogens with two attached hydrogens (primary N) is 1. The topological polar surface area (TPSA) is 64.3 Å². The molecule has 1 saturated carbocycles. The highest BCUT2D eigenvalue weighted by Crippen LogP contribution is 2.42. The Balaban J connectivity index is 2.07. The number of methoxy groups -OCH3 is 1. The Kier molecular flexibility index (Phi) is 3.74. The summed E-state index contributed by atoms with van der Waals surface area (Å²) in [6, 6.07) is 5.00. The third-order valence-corrected chi connectivity index (χ3v) is 4.32. The third kappa shape index (κ3) is 2.55. The Morgan fingerprint density at radius 2 is 2.21 bits per heavy atom. The quantitative estimate of drug-likeness (QED) is 0.837. The zero-order valence-electron chi connectivity index (χ0n) is 11.4. The average Bonchev–Trinajstić information content (AvgIpc) is 2.33. The minimum atomic E-state index is -0.169. The number of benzene rings is 1. The van der Waals surface area contributed by atoms with E-state index >= 15 is 0 Å². The van der Waals surface area contributed by atoms with Crippen LogP contribution in [0.2, 0.25) is 5.02 Å². The monoisotopic (exact) mass is 282 g/mol. The molecule has 104 valence electrons. The van der Waals surface area contributed by atoms with Gasteiger partial charge in [-0.25, -0.2) is 0 Å². The van der Waals surface area contributed by atoms with Crippen molar-refractivity contribution in [1.82, 2.24) is 5.32 Å². The van der Waals surface area contributed by atoms with Crippen molar-refractivity contribution in [1.29, 1.82) is 0 Å². The van der Waals surface area contributed by atoms with Gasteiger partial charge in [-0.2, -0.15) is 0 Å². The molecule has 0 radical (unpaired) electrons. The van der Waals surface area contributed by atoms with Crippen molar-refractivity contribution in [2.75, 3.05) is 12.8 Å². The van der Waals surface area contributed by atoms with Gasteiger partial charge < -0.3 is 15.8 Å². The summed E-state index contributed by atoms with van der Waals surface area (Å²) in [7, 11) is 1.70. The number of halogens is 1. The molecule has 2 atom stereocenters. The van der Waals surface area contributed by atoms with Crippen LogP contribution in [0.5, 0.6) is 0 Å². The van der Waals surface area contributed by atoms with E-state index in [-0.39, 0.29) is 23.5 Å². The average molecular weight is 283 g/mol. The number of hydrogen-bond acceptors (Lipinski definition) is 3. The molecule has 3 N–H and O–H groups in total. The Hall–Kier alpha value is -1.26. The maximum absolute atomic E-state index is 12.2. The van der Waals surface area contributed by atoms with Crippen LogP contribution < -0.4 is 11.1 Å². The van der Waals surface area contributed by atoms with E-state index in [2.05, 4.69) is 19.2 Å². The van der Waals surface area contributed by atoms with Crippen LogP contribution in [0, 0.1) is 5.41 Å². The molecular formula is C14H19ClN2O2. The third-order valence-electron chi connectivity index (χ3n) is 4.01. The van der Waals surface area contributed by atoms with Gasteiger partial charge in [0.15, 0.2) is 0 Å². The van der Waals surface area contributed by atoms with Gasteiger partial charge >= 0.3 is 0 Å². The highest BCUT2D eigenvalue weighted by Gasteiger charge is 2.49. The molecule has 1 amide bonds. The second kappa shape index (κ2) is 5.02. The summed E-state index contributed by atoms with van der Waals surface area (Å²) in [6.45, 7) is 4.17. The minimum absolute atomic E-state index is 0.0648. The number of anilines is 1. The van der Waals surface area contributed by atoms with Crippen LogP contribution >= 0.6 is 11.6 Å². The van der Waals surface area contributed by atoms with E-state index in [4.69, 9.17) is 22.1 Å². The highest BCUT2D eigenvalue weighted by molar-refractivity contribution is 6.34. The lowest BCUT2D eigenvalue weighted by Crippen LogP contribution is -2.61. The van der Waals surface area contributed by atoms with E-state index in [1.165, 1.54) is 0 Å². The molecule has 1 aliphatic rings. The first-order valence-corrected chi connectivity index (χ1v) is 6.62. The molecule has 1 aliphatic carbocycles. The molecule has 1 aromatic carbocycles. The van der Waals surface area contributed by atoms with Gasteiger partial charge in [0.1, 0.15) is 0 Å². The van der Waals surface area contributed by atoms with Crippen molar-refractivity contribution < 1.29 is 9.53 Å². The van der Waals surface area contributed by atoms with Gasteiger partial charge in [0, 0.05) is 24.3 Å². The fourth-order valence-corrected chi connectivity index (χ4v) is 2.76. The number of amides is 1. The molecule has 1 aromatic rings. The summed E-state index contributed by atoms with van der Waals surface area (Å²) in [5.74, 6) is -0.169. The molecule has 4 nitrogen and oxygen atoms in total. The molecule has 19 heavy (non-hydrogen) atoms. The molecule has 0 heterocycles. The largest absolute Gasteiger partial charge is 0.399 e. The fraction of sp³-hybridized carbons (Fsp3) is 0.500. The van der Waals surface area contributed by atoms with Gasteiger partial charge in [-0.05, 0) is 24.6 Å². The summed E-state index contributed by atoms with van der Waals surface area (Å²) in [5.41, 5.74) is 6.55. The molecule has 0 bridgehead atoms. The zero-order chi connectivity index (χ0) is 14.2. The highest BCUT2D eigenvalue weighted by atomic mass is 35.5. The van der Waals surface area contributed by atoms with Gasteiger partial charge in [0.2, 0.25) is 0 Å². The Labute approximate surface area is 118 Å². The standard InChI is InChI=1S/C14H19ClN2O2/c1-14(2)11(7-12(14)19-3)17-13(18)9-5-4-8(16)6-10(9)15/h4-6,11-12H,7,16H2,1-3H3,(H,17,18). The van der Waals surface area contributed by atoms with E-state index < -0.39 is 0 Å². The second-order valence-electron chi connectivity index (χ2n) is 5.55. The lowest BCUT2D eigenvalue weighted by Gasteiger charge is -2.51. The number of nitrogens with one attached hydrogen (secondary N) is 1. The summed E-state index contributed by atoms with van der Waals surface area (Å²) in [4.78, 5) is 12.2. The van der Waals surface area contributed by atoms with Crippen LogP contribution in [0.25, 0.3) is 0 Å². The van der Waals surface area contributed by atoms with Crippen molar-refractivity contribution in [2.24, 2.45) is 5.41 Å². The summed E-state index contributed by atoms with van der Waals surface area (Å²) >= 11 is 6.03. The molecule has 2 rings (SSSR count). The van der Waals surface area contributed by atoms with Crippen LogP contribution in [0.4, 0.5) is 5.69 Å². The summed E-state index contributed by atoms with van der Waals surface area (Å²) in [6.07, 6.45) is 1.00. The van der Waals surface area contributed by atoms with E-state index in [0.717, 1.165) is 6.42 Å². The first-order chi connectivity index (χ1) is 8.86. The molecule has 0 spiro atoms. The van der Waals surface area contributed by atoms with Crippen LogP contribution in [-0.2, 0) is 4.74 Å². The van der Waals surface area contributed by atoms with Crippen molar-refractivity contribution in [2.45, 2.75) is 32.4 Å². The predicted octanol–water partition coefficient (Wildman–Crippen LogP) is 2.47. The van der Waals surface area contributed by atoms with Gasteiger partial charge in [0.05, 0.1) is 16.7 Å². The first-order valence-electron chi connectivity index (χ1n) is 6.25. The van der Waals surface area contributed by atoms with Crippen LogP contribution in [-0.4, -0.2) is 25.2 Å². The molecule has 0 aliphatic heterocycles. The Morgan fingerprint density at radius 1 is 1.53 bits per heavy atom. The van der Waals surface area contributed by atoms with E-state index in [0.29, 0.717) is 16.3 Å². The molecular weight excluding hydrogens is 264 g/mol. The van der Waals surface area contributed by atoms with Crippen LogP contribution in [0.15, 0.2) is 18.2 Å². The van der Waals surface area contributed by atoms with E-state index in [9.17, 15) is 4.79 Å². The first kappa shape index (κ1) is 14.2. The van der Waals surface area contributed by atoms with Gasteiger partial charge in [-0.15, -0.1) is 0 Å².